The topological polar surface area (TPSA) is 25.3 Å². The van der Waals surface area contributed by atoms with Crippen molar-refractivity contribution < 1.29 is 4.70 Å². The summed E-state index contributed by atoms with van der Waals surface area (Å²) < 4.78 is 1.67. The van der Waals surface area contributed by atoms with Gasteiger partial charge in [0.15, 0.2) is 0 Å². The number of benzene rings is 2. The normalized spacial score (nSPS) is 13.4. The Morgan fingerprint density at radius 2 is 0.796 bits per heavy atom. The zero-order chi connectivity index (χ0) is 35.6. The van der Waals surface area contributed by atoms with Crippen molar-refractivity contribution in [3.63, 3.8) is 0 Å². The van der Waals surface area contributed by atoms with E-state index in [9.17, 15) is 5.53 Å². The highest BCUT2D eigenvalue weighted by Gasteiger charge is 2.36. The average molecular weight is 667 g/mol. The molecular formula is C47H74N2. The maximum absolute atomic E-state index is 12.6. The van der Waals surface area contributed by atoms with Crippen LogP contribution >= 0.6 is 0 Å². The van der Waals surface area contributed by atoms with E-state index in [0.29, 0.717) is 0 Å². The molecule has 2 nitrogen and oxygen atoms in total. The van der Waals surface area contributed by atoms with Crippen LogP contribution in [-0.4, -0.2) is 4.70 Å². The van der Waals surface area contributed by atoms with Gasteiger partial charge in [0.25, 0.3) is 0 Å². The molecule has 0 atom stereocenters. The molecule has 0 bridgehead atoms. The molecule has 0 aromatic heterocycles. The standard InChI is InChI=1S/C47H74N2/c1-9-17-21-22-23-24-31-45-42(16-8)46(40-34-38(28-18-10-2)44(30-20-12-4)39(35-40)29-19-11-3)49(48)47(45)41-32-36(25-13-5)43(27-15-7)37(33-41)26-14-6/h32-35H,9-31H2,1-8H3. The van der Waals surface area contributed by atoms with Crippen LogP contribution in [0.5, 0.6) is 0 Å². The summed E-state index contributed by atoms with van der Waals surface area (Å²) in [6, 6.07) is 9.92. The summed E-state index contributed by atoms with van der Waals surface area (Å²) >= 11 is 0. The van der Waals surface area contributed by atoms with E-state index in [1.54, 1.807) is 15.8 Å². The minimum atomic E-state index is 0.935. The van der Waals surface area contributed by atoms with Crippen LogP contribution in [0.15, 0.2) is 35.4 Å². The summed E-state index contributed by atoms with van der Waals surface area (Å²) in [7, 11) is 0. The Hall–Kier alpha value is -2.48. The van der Waals surface area contributed by atoms with Crippen LogP contribution in [-0.2, 0) is 38.5 Å². The van der Waals surface area contributed by atoms with Crippen LogP contribution in [0.4, 0.5) is 0 Å². The van der Waals surface area contributed by atoms with E-state index in [0.717, 1.165) is 69.2 Å². The number of rotatable bonds is 25. The molecule has 2 aromatic rings. The quantitative estimate of drug-likeness (QED) is 0.0744. The van der Waals surface area contributed by atoms with Crippen molar-refractivity contribution in [1.29, 1.82) is 0 Å². The number of aryl methyl sites for hydroxylation is 4. The van der Waals surface area contributed by atoms with Crippen molar-refractivity contribution in [2.45, 2.75) is 203 Å². The maximum Gasteiger partial charge on any atom is 0.211 e. The van der Waals surface area contributed by atoms with Gasteiger partial charge in [-0.15, -0.1) is 0 Å². The monoisotopic (exact) mass is 667 g/mol. The fourth-order valence-corrected chi connectivity index (χ4v) is 8.26. The number of hydrogen-bond acceptors (Lipinski definition) is 0. The van der Waals surface area contributed by atoms with Gasteiger partial charge < -0.3 is 5.53 Å². The van der Waals surface area contributed by atoms with Crippen LogP contribution in [0.2, 0.25) is 0 Å². The third-order valence-corrected chi connectivity index (χ3v) is 10.8. The van der Waals surface area contributed by atoms with Crippen molar-refractivity contribution in [3.8, 4) is 0 Å². The lowest BCUT2D eigenvalue weighted by Gasteiger charge is -2.19. The van der Waals surface area contributed by atoms with Crippen LogP contribution in [0.25, 0.3) is 16.9 Å². The minimum absolute atomic E-state index is 0.935. The molecule has 2 aromatic carbocycles. The van der Waals surface area contributed by atoms with E-state index in [1.165, 1.54) is 134 Å². The van der Waals surface area contributed by atoms with Gasteiger partial charge in [0.1, 0.15) is 0 Å². The van der Waals surface area contributed by atoms with Crippen molar-refractivity contribution in [3.05, 3.63) is 85.5 Å². The first kappa shape index (κ1) is 40.9. The molecule has 0 saturated heterocycles. The smallest absolute Gasteiger partial charge is 0.211 e. The number of nitrogens with zero attached hydrogens (tertiary/aromatic N) is 2. The molecule has 272 valence electrons. The maximum atomic E-state index is 12.6. The first-order valence-electron chi connectivity index (χ1n) is 21.2. The summed E-state index contributed by atoms with van der Waals surface area (Å²) in [5.41, 5.74) is 29.2. The van der Waals surface area contributed by atoms with Crippen LogP contribution in [0.1, 0.15) is 209 Å². The number of unbranched alkanes of at least 4 members (excludes halogenated alkanes) is 8. The molecule has 0 radical (unpaired) electrons. The summed E-state index contributed by atoms with van der Waals surface area (Å²) in [4.78, 5) is 0. The Morgan fingerprint density at radius 3 is 1.27 bits per heavy atom. The second-order valence-electron chi connectivity index (χ2n) is 14.9. The number of hydrogen-bond donors (Lipinski definition) is 0. The van der Waals surface area contributed by atoms with Crippen LogP contribution < -0.4 is 0 Å². The highest BCUT2D eigenvalue weighted by atomic mass is 15.2. The van der Waals surface area contributed by atoms with Gasteiger partial charge >= 0.3 is 0 Å². The predicted octanol–water partition coefficient (Wildman–Crippen LogP) is 14.9. The Morgan fingerprint density at radius 1 is 0.388 bits per heavy atom. The van der Waals surface area contributed by atoms with Gasteiger partial charge in [0, 0.05) is 22.3 Å². The molecule has 0 amide bonds. The lowest BCUT2D eigenvalue weighted by Crippen LogP contribution is -2.09. The molecule has 49 heavy (non-hydrogen) atoms. The Labute approximate surface area is 303 Å². The van der Waals surface area contributed by atoms with Crippen molar-refractivity contribution in [1.82, 2.24) is 0 Å². The summed E-state index contributed by atoms with van der Waals surface area (Å²) in [6.45, 7) is 18.5. The third kappa shape index (κ3) is 11.0. The SMILES string of the molecule is CCCCCCCCC1=C(c2cc(CCC)c(CCC)c(CCC)c2)[N+](=[N-])C(c2cc(CCCC)c(CCCC)c(CCCC)c2)=C1CC. The highest BCUT2D eigenvalue weighted by Crippen LogP contribution is 2.45. The lowest BCUT2D eigenvalue weighted by molar-refractivity contribution is -0.345. The second kappa shape index (κ2) is 22.4. The molecule has 0 N–H and O–H groups in total. The Bertz CT molecular complexity index is 1330. The van der Waals surface area contributed by atoms with Gasteiger partial charge in [-0.25, -0.2) is 4.70 Å². The van der Waals surface area contributed by atoms with Crippen molar-refractivity contribution in [2.75, 3.05) is 0 Å². The average Bonchev–Trinajstić information content (AvgIpc) is 3.38. The molecule has 2 heteroatoms. The van der Waals surface area contributed by atoms with Crippen LogP contribution in [0, 0.1) is 0 Å². The summed E-state index contributed by atoms with van der Waals surface area (Å²) in [5.74, 6) is 0. The lowest BCUT2D eigenvalue weighted by atomic mass is 9.86. The molecule has 1 aliphatic heterocycles. The molecule has 0 fully saturated rings. The molecule has 1 aliphatic rings. The van der Waals surface area contributed by atoms with Gasteiger partial charge in [0.05, 0.1) is 0 Å². The summed E-state index contributed by atoms with van der Waals surface area (Å²) in [5, 5.41) is 0. The predicted molar refractivity (Wildman–Crippen MR) is 216 cm³/mol. The van der Waals surface area contributed by atoms with E-state index < -0.39 is 0 Å². The second-order valence-corrected chi connectivity index (χ2v) is 14.9. The largest absolute Gasteiger partial charge is 0.493 e. The highest BCUT2D eigenvalue weighted by molar-refractivity contribution is 5.83. The van der Waals surface area contributed by atoms with Gasteiger partial charge in [0.2, 0.25) is 11.4 Å². The first-order chi connectivity index (χ1) is 23.9. The first-order valence-corrected chi connectivity index (χ1v) is 21.2. The van der Waals surface area contributed by atoms with Gasteiger partial charge in [-0.1, -0.05) is 126 Å². The van der Waals surface area contributed by atoms with E-state index in [4.69, 9.17) is 0 Å². The van der Waals surface area contributed by atoms with Gasteiger partial charge in [-0.3, -0.25) is 0 Å². The molecule has 0 aliphatic carbocycles. The van der Waals surface area contributed by atoms with E-state index in [2.05, 4.69) is 79.7 Å². The molecule has 1 heterocycles. The molecular weight excluding hydrogens is 593 g/mol. The van der Waals surface area contributed by atoms with E-state index >= 15 is 0 Å². The Balaban J connectivity index is 2.26. The fourth-order valence-electron chi connectivity index (χ4n) is 8.26. The number of allylic oxidation sites excluding steroid dienone is 2. The van der Waals surface area contributed by atoms with E-state index in [1.807, 2.05) is 0 Å². The van der Waals surface area contributed by atoms with Crippen molar-refractivity contribution >= 4 is 11.4 Å². The summed E-state index contributed by atoms with van der Waals surface area (Å²) in [6.07, 6.45) is 27.3. The molecule has 3 rings (SSSR count). The molecule has 0 unspecified atom stereocenters. The van der Waals surface area contributed by atoms with Gasteiger partial charge in [-0.2, -0.15) is 0 Å². The zero-order valence-corrected chi connectivity index (χ0v) is 33.5. The third-order valence-electron chi connectivity index (χ3n) is 10.8. The van der Waals surface area contributed by atoms with E-state index in [-0.39, 0.29) is 0 Å². The minimum Gasteiger partial charge on any atom is -0.493 e. The fraction of sp³-hybridized carbons (Fsp3) is 0.660. The van der Waals surface area contributed by atoms with Crippen LogP contribution in [0.3, 0.4) is 0 Å². The van der Waals surface area contributed by atoms with Crippen molar-refractivity contribution in [2.24, 2.45) is 0 Å². The Kier molecular flexibility index (Phi) is 18.7. The zero-order valence-electron chi connectivity index (χ0n) is 33.5. The molecule has 0 saturated carbocycles. The molecule has 0 spiro atoms. The van der Waals surface area contributed by atoms with Gasteiger partial charge in [-0.05, 0) is 135 Å².